The van der Waals surface area contributed by atoms with E-state index < -0.39 is 48.6 Å². The number of carboxylic acids is 1. The van der Waals surface area contributed by atoms with Crippen molar-refractivity contribution in [2.24, 2.45) is 5.73 Å². The lowest BCUT2D eigenvalue weighted by Crippen LogP contribution is -2.57. The van der Waals surface area contributed by atoms with Crippen LogP contribution in [0.15, 0.2) is 0 Å². The fraction of sp³-hybridized carbons (Fsp3) is 0.700. The molecule has 0 fully saturated rings. The highest BCUT2D eigenvalue weighted by Crippen LogP contribution is 1.94. The van der Waals surface area contributed by atoms with Crippen molar-refractivity contribution in [2.75, 3.05) is 12.4 Å². The van der Waals surface area contributed by atoms with E-state index in [1.54, 1.807) is 0 Å². The maximum atomic E-state index is 11.7. The SMILES string of the molecule is C[C@@H](O)[C@H](N)C(=O)N[C@@H](CO)C(=O)N[C@@H](CS)C(=O)O. The second-order valence-corrected chi connectivity index (χ2v) is 4.46. The van der Waals surface area contributed by atoms with Gasteiger partial charge in [0, 0.05) is 5.75 Å². The van der Waals surface area contributed by atoms with E-state index in [0.717, 1.165) is 0 Å². The van der Waals surface area contributed by atoms with E-state index in [1.165, 1.54) is 6.92 Å². The smallest absolute Gasteiger partial charge is 0.327 e. The van der Waals surface area contributed by atoms with Crippen LogP contribution in [0, 0.1) is 0 Å². The van der Waals surface area contributed by atoms with Gasteiger partial charge in [-0.3, -0.25) is 9.59 Å². The number of aliphatic hydroxyl groups excluding tert-OH is 2. The lowest BCUT2D eigenvalue weighted by atomic mass is 10.1. The third kappa shape index (κ3) is 5.74. The number of nitrogens with two attached hydrogens (primary N) is 1. The Kier molecular flexibility index (Phi) is 8.15. The van der Waals surface area contributed by atoms with E-state index in [-0.39, 0.29) is 5.75 Å². The summed E-state index contributed by atoms with van der Waals surface area (Å²) in [6.07, 6.45) is -1.14. The van der Waals surface area contributed by atoms with E-state index >= 15 is 0 Å². The number of aliphatic carboxylic acids is 1. The Labute approximate surface area is 120 Å². The van der Waals surface area contributed by atoms with Gasteiger partial charge in [0.05, 0.1) is 12.7 Å². The lowest BCUT2D eigenvalue weighted by Gasteiger charge is -2.21. The highest BCUT2D eigenvalue weighted by atomic mass is 32.1. The van der Waals surface area contributed by atoms with E-state index in [2.05, 4.69) is 23.3 Å². The first kappa shape index (κ1) is 18.6. The molecular formula is C10H19N3O6S. The first-order valence-corrected chi connectivity index (χ1v) is 6.36. The van der Waals surface area contributed by atoms with Gasteiger partial charge < -0.3 is 31.7 Å². The highest BCUT2D eigenvalue weighted by Gasteiger charge is 2.28. The van der Waals surface area contributed by atoms with Gasteiger partial charge in [0.25, 0.3) is 0 Å². The summed E-state index contributed by atoms with van der Waals surface area (Å²) in [5.74, 6) is -3.18. The maximum absolute atomic E-state index is 11.7. The molecule has 0 bridgehead atoms. The van der Waals surface area contributed by atoms with Gasteiger partial charge in [-0.05, 0) is 6.92 Å². The average molecular weight is 309 g/mol. The molecule has 0 aromatic heterocycles. The minimum absolute atomic E-state index is 0.152. The van der Waals surface area contributed by atoms with E-state index in [4.69, 9.17) is 21.1 Å². The number of aliphatic hydroxyl groups is 2. The number of amides is 2. The quantitative estimate of drug-likeness (QED) is 0.231. The summed E-state index contributed by atoms with van der Waals surface area (Å²) in [7, 11) is 0. The number of carbonyl (C=O) groups is 3. The molecule has 0 spiro atoms. The Balaban J connectivity index is 4.64. The zero-order chi connectivity index (χ0) is 15.9. The fourth-order valence-electron chi connectivity index (χ4n) is 1.14. The van der Waals surface area contributed by atoms with Gasteiger partial charge in [0.1, 0.15) is 18.1 Å². The number of rotatable bonds is 8. The molecule has 20 heavy (non-hydrogen) atoms. The normalized spacial score (nSPS) is 16.6. The first-order chi connectivity index (χ1) is 9.24. The lowest BCUT2D eigenvalue weighted by molar-refractivity contribution is -0.141. The van der Waals surface area contributed by atoms with E-state index in [0.29, 0.717) is 0 Å². The Bertz CT molecular complexity index is 365. The molecule has 4 atom stereocenters. The van der Waals surface area contributed by atoms with E-state index in [1.807, 2.05) is 0 Å². The molecule has 0 aromatic carbocycles. The van der Waals surface area contributed by atoms with Crippen LogP contribution in [0.3, 0.4) is 0 Å². The molecule has 10 heteroatoms. The van der Waals surface area contributed by atoms with Crippen molar-refractivity contribution in [3.8, 4) is 0 Å². The van der Waals surface area contributed by atoms with Crippen LogP contribution in [-0.4, -0.2) is 69.7 Å². The van der Waals surface area contributed by atoms with Crippen molar-refractivity contribution in [3.05, 3.63) is 0 Å². The number of carbonyl (C=O) groups excluding carboxylic acids is 2. The minimum atomic E-state index is -1.37. The zero-order valence-corrected chi connectivity index (χ0v) is 11.7. The monoisotopic (exact) mass is 309 g/mol. The number of carboxylic acid groups (broad SMARTS) is 1. The molecule has 0 rings (SSSR count). The molecule has 9 nitrogen and oxygen atoms in total. The van der Waals surface area contributed by atoms with Crippen LogP contribution in [0.1, 0.15) is 6.92 Å². The van der Waals surface area contributed by atoms with Crippen LogP contribution in [0.5, 0.6) is 0 Å². The Hall–Kier alpha value is -1.36. The minimum Gasteiger partial charge on any atom is -0.480 e. The molecule has 0 radical (unpaired) electrons. The molecule has 0 heterocycles. The van der Waals surface area contributed by atoms with Crippen molar-refractivity contribution < 1.29 is 29.7 Å². The van der Waals surface area contributed by atoms with Crippen LogP contribution >= 0.6 is 12.6 Å². The molecular weight excluding hydrogens is 290 g/mol. The summed E-state index contributed by atoms with van der Waals surface area (Å²) < 4.78 is 0. The molecule has 0 aliphatic rings. The molecule has 0 aromatic rings. The molecule has 0 aliphatic carbocycles. The summed E-state index contributed by atoms with van der Waals surface area (Å²) >= 11 is 3.76. The summed E-state index contributed by atoms with van der Waals surface area (Å²) in [6.45, 7) is 0.544. The van der Waals surface area contributed by atoms with Crippen molar-refractivity contribution in [1.29, 1.82) is 0 Å². The number of hydrogen-bond acceptors (Lipinski definition) is 7. The second-order valence-electron chi connectivity index (χ2n) is 4.09. The first-order valence-electron chi connectivity index (χ1n) is 5.73. The van der Waals surface area contributed by atoms with Crippen molar-refractivity contribution in [3.63, 3.8) is 0 Å². The van der Waals surface area contributed by atoms with Crippen LogP contribution < -0.4 is 16.4 Å². The zero-order valence-electron chi connectivity index (χ0n) is 10.8. The van der Waals surface area contributed by atoms with E-state index in [9.17, 15) is 14.4 Å². The molecule has 0 unspecified atom stereocenters. The molecule has 0 aliphatic heterocycles. The third-order valence-electron chi connectivity index (χ3n) is 2.44. The Morgan fingerprint density at radius 1 is 1.20 bits per heavy atom. The van der Waals surface area contributed by atoms with Gasteiger partial charge in [-0.25, -0.2) is 4.79 Å². The highest BCUT2D eigenvalue weighted by molar-refractivity contribution is 7.80. The van der Waals surface area contributed by atoms with Gasteiger partial charge >= 0.3 is 5.97 Å². The van der Waals surface area contributed by atoms with Crippen molar-refractivity contribution in [1.82, 2.24) is 10.6 Å². The summed E-state index contributed by atoms with van der Waals surface area (Å²) in [6, 6.07) is -3.88. The topological polar surface area (TPSA) is 162 Å². The molecule has 116 valence electrons. The van der Waals surface area contributed by atoms with Gasteiger partial charge in [-0.1, -0.05) is 0 Å². The summed E-state index contributed by atoms with van der Waals surface area (Å²) in [5.41, 5.74) is 5.36. The average Bonchev–Trinajstić information content (AvgIpc) is 2.39. The summed E-state index contributed by atoms with van der Waals surface area (Å²) in [5, 5.41) is 31.1. The van der Waals surface area contributed by atoms with Gasteiger partial charge in [-0.15, -0.1) is 0 Å². The van der Waals surface area contributed by atoms with Gasteiger partial charge in [-0.2, -0.15) is 12.6 Å². The Morgan fingerprint density at radius 2 is 1.70 bits per heavy atom. The van der Waals surface area contributed by atoms with Crippen LogP contribution in [0.2, 0.25) is 0 Å². The van der Waals surface area contributed by atoms with Crippen LogP contribution in [0.4, 0.5) is 0 Å². The number of thiol groups is 1. The second kappa shape index (κ2) is 8.74. The fourth-order valence-corrected chi connectivity index (χ4v) is 1.39. The van der Waals surface area contributed by atoms with Crippen LogP contribution in [-0.2, 0) is 14.4 Å². The molecule has 0 saturated heterocycles. The standard InChI is InChI=1S/C10H19N3O6S/c1-4(15)7(11)9(17)12-5(2-14)8(16)13-6(3-20)10(18)19/h4-7,14-15,20H,2-3,11H2,1H3,(H,12,17)(H,13,16)(H,18,19)/t4-,5+,6+,7+/m1/s1. The maximum Gasteiger partial charge on any atom is 0.327 e. The molecule has 7 N–H and O–H groups in total. The van der Waals surface area contributed by atoms with Crippen molar-refractivity contribution in [2.45, 2.75) is 31.2 Å². The Morgan fingerprint density at radius 3 is 2.05 bits per heavy atom. The van der Waals surface area contributed by atoms with Crippen molar-refractivity contribution >= 4 is 30.4 Å². The summed E-state index contributed by atoms with van der Waals surface area (Å²) in [4.78, 5) is 33.9. The molecule has 2 amide bonds. The predicted molar refractivity (Wildman–Crippen MR) is 72.1 cm³/mol. The third-order valence-corrected chi connectivity index (χ3v) is 2.80. The van der Waals surface area contributed by atoms with Crippen LogP contribution in [0.25, 0.3) is 0 Å². The number of nitrogens with one attached hydrogen (secondary N) is 2. The molecule has 0 saturated carbocycles. The van der Waals surface area contributed by atoms with Gasteiger partial charge in [0.2, 0.25) is 11.8 Å². The largest absolute Gasteiger partial charge is 0.480 e. The van der Waals surface area contributed by atoms with Gasteiger partial charge in [0.15, 0.2) is 0 Å². The number of hydrogen-bond donors (Lipinski definition) is 7. The predicted octanol–water partition coefficient (Wildman–Crippen LogP) is -3.33.